The van der Waals surface area contributed by atoms with Gasteiger partial charge in [0.25, 0.3) is 5.91 Å². The minimum absolute atomic E-state index is 0.0937. The molecule has 1 atom stereocenters. The maximum atomic E-state index is 13.1. The zero-order valence-corrected chi connectivity index (χ0v) is 14.8. The van der Waals surface area contributed by atoms with Gasteiger partial charge in [-0.05, 0) is 61.6 Å². The number of aromatic hydroxyl groups is 1. The molecule has 3 heterocycles. The molecule has 138 valence electrons. The van der Waals surface area contributed by atoms with Gasteiger partial charge in [-0.2, -0.15) is 5.10 Å². The van der Waals surface area contributed by atoms with Gasteiger partial charge in [0, 0.05) is 18.2 Å². The summed E-state index contributed by atoms with van der Waals surface area (Å²) < 4.78 is 0. The van der Waals surface area contributed by atoms with Crippen molar-refractivity contribution in [1.82, 2.24) is 25.8 Å². The Morgan fingerprint density at radius 1 is 1.22 bits per heavy atom. The van der Waals surface area contributed by atoms with Gasteiger partial charge in [-0.1, -0.05) is 0 Å². The highest BCUT2D eigenvalue weighted by Gasteiger charge is 2.50. The maximum Gasteiger partial charge on any atom is 0.252 e. The molecule has 2 aromatic heterocycles. The van der Waals surface area contributed by atoms with Crippen LogP contribution in [0.2, 0.25) is 0 Å². The second kappa shape index (κ2) is 6.06. The number of hydrogen-bond donors (Lipinski definition) is 4. The molecule has 0 bridgehead atoms. The molecule has 0 radical (unpaired) electrons. The van der Waals surface area contributed by atoms with Crippen LogP contribution in [0.5, 0.6) is 5.75 Å². The summed E-state index contributed by atoms with van der Waals surface area (Å²) in [6.45, 7) is 1.84. The fraction of sp³-hybridized carbons (Fsp3) is 0.350. The Bertz CT molecular complexity index is 1010. The lowest BCUT2D eigenvalue weighted by atomic mass is 9.89. The van der Waals surface area contributed by atoms with Gasteiger partial charge in [-0.15, -0.1) is 0 Å². The smallest absolute Gasteiger partial charge is 0.252 e. The standard InChI is InChI=1S/C20H21N5O2/c26-13-3-1-12(2-4-13)16-9-14(15-10-22-25-18(15)23-16)19(27)24-17-11-21-8-7-20(17)5-6-20/h1-4,9-10,17,21,26H,5-8,11H2,(H,24,27)(H,22,23,25). The molecular formula is C20H21N5O2. The topological polar surface area (TPSA) is 103 Å². The third-order valence-electron chi connectivity index (χ3n) is 5.92. The van der Waals surface area contributed by atoms with E-state index in [0.29, 0.717) is 22.3 Å². The average Bonchev–Trinajstić information content (AvgIpc) is 3.28. The van der Waals surface area contributed by atoms with E-state index < -0.39 is 0 Å². The Morgan fingerprint density at radius 3 is 2.81 bits per heavy atom. The Balaban J connectivity index is 1.50. The van der Waals surface area contributed by atoms with E-state index in [1.165, 1.54) is 12.8 Å². The van der Waals surface area contributed by atoms with E-state index in [-0.39, 0.29) is 23.1 Å². The summed E-state index contributed by atoms with van der Waals surface area (Å²) in [7, 11) is 0. The molecule has 7 nitrogen and oxygen atoms in total. The number of benzene rings is 1. The normalized spacial score (nSPS) is 20.7. The molecular weight excluding hydrogens is 342 g/mol. The monoisotopic (exact) mass is 363 g/mol. The molecule has 2 fully saturated rings. The van der Waals surface area contributed by atoms with Gasteiger partial charge in [0.2, 0.25) is 0 Å². The molecule has 1 amide bonds. The van der Waals surface area contributed by atoms with Crippen LogP contribution in [0.3, 0.4) is 0 Å². The summed E-state index contributed by atoms with van der Waals surface area (Å²) in [5.41, 5.74) is 2.92. The Labute approximate surface area is 156 Å². The first-order chi connectivity index (χ1) is 13.1. The number of rotatable bonds is 3. The molecule has 7 heteroatoms. The van der Waals surface area contributed by atoms with Crippen LogP contribution in [0.15, 0.2) is 36.5 Å². The highest BCUT2D eigenvalue weighted by molar-refractivity contribution is 6.06. The van der Waals surface area contributed by atoms with E-state index in [4.69, 9.17) is 0 Å². The van der Waals surface area contributed by atoms with E-state index in [1.807, 2.05) is 0 Å². The number of phenols is 1. The molecule has 1 aromatic carbocycles. The first-order valence-electron chi connectivity index (χ1n) is 9.30. The number of nitrogens with one attached hydrogen (secondary N) is 3. The van der Waals surface area contributed by atoms with Gasteiger partial charge in [0.15, 0.2) is 5.65 Å². The summed E-state index contributed by atoms with van der Waals surface area (Å²) in [6.07, 6.45) is 5.14. The van der Waals surface area contributed by atoms with E-state index in [0.717, 1.165) is 25.1 Å². The number of aromatic amines is 1. The lowest BCUT2D eigenvalue weighted by Gasteiger charge is -2.33. The van der Waals surface area contributed by atoms with Crippen molar-refractivity contribution in [3.8, 4) is 17.0 Å². The van der Waals surface area contributed by atoms with Gasteiger partial charge in [0.05, 0.1) is 22.8 Å². The molecule has 5 rings (SSSR count). The SMILES string of the molecule is O=C(NC1CNCCC12CC2)c1cc(-c2ccc(O)cc2)nc2[nH]ncc12. The summed E-state index contributed by atoms with van der Waals surface area (Å²) in [6, 6.07) is 8.75. The van der Waals surface area contributed by atoms with Crippen molar-refractivity contribution >= 4 is 16.9 Å². The lowest BCUT2D eigenvalue weighted by molar-refractivity contribution is 0.0905. The third kappa shape index (κ3) is 2.84. The molecule has 1 aliphatic heterocycles. The molecule has 3 aromatic rings. The van der Waals surface area contributed by atoms with Crippen molar-refractivity contribution in [2.45, 2.75) is 25.3 Å². The highest BCUT2D eigenvalue weighted by Crippen LogP contribution is 2.52. The zero-order valence-electron chi connectivity index (χ0n) is 14.8. The predicted octanol–water partition coefficient (Wildman–Crippen LogP) is 2.20. The summed E-state index contributed by atoms with van der Waals surface area (Å²) in [5, 5.41) is 23.8. The van der Waals surface area contributed by atoms with Crippen molar-refractivity contribution < 1.29 is 9.90 Å². The van der Waals surface area contributed by atoms with E-state index in [9.17, 15) is 9.90 Å². The number of amides is 1. The highest BCUT2D eigenvalue weighted by atomic mass is 16.3. The average molecular weight is 363 g/mol. The van der Waals surface area contributed by atoms with Crippen molar-refractivity contribution in [1.29, 1.82) is 0 Å². The van der Waals surface area contributed by atoms with Crippen LogP contribution in [-0.4, -0.2) is 45.3 Å². The fourth-order valence-electron chi connectivity index (χ4n) is 4.07. The number of piperidine rings is 1. The van der Waals surface area contributed by atoms with Crippen LogP contribution < -0.4 is 10.6 Å². The molecule has 1 unspecified atom stereocenters. The minimum Gasteiger partial charge on any atom is -0.508 e. The van der Waals surface area contributed by atoms with Crippen LogP contribution in [0.25, 0.3) is 22.3 Å². The molecule has 1 saturated heterocycles. The van der Waals surface area contributed by atoms with Crippen LogP contribution in [0.1, 0.15) is 29.6 Å². The zero-order chi connectivity index (χ0) is 18.4. The van der Waals surface area contributed by atoms with Crippen LogP contribution in [0.4, 0.5) is 0 Å². The number of carbonyl (C=O) groups excluding carboxylic acids is 1. The lowest BCUT2D eigenvalue weighted by Crippen LogP contribution is -2.52. The van der Waals surface area contributed by atoms with Crippen molar-refractivity contribution in [3.63, 3.8) is 0 Å². The summed E-state index contributed by atoms with van der Waals surface area (Å²) in [4.78, 5) is 17.7. The number of H-pyrrole nitrogens is 1. The van der Waals surface area contributed by atoms with Gasteiger partial charge < -0.3 is 15.7 Å². The van der Waals surface area contributed by atoms with E-state index in [1.54, 1.807) is 36.5 Å². The Hall–Kier alpha value is -2.93. The van der Waals surface area contributed by atoms with Gasteiger partial charge in [0.1, 0.15) is 5.75 Å². The van der Waals surface area contributed by atoms with Gasteiger partial charge >= 0.3 is 0 Å². The number of fused-ring (bicyclic) bond motifs is 1. The number of pyridine rings is 1. The molecule has 1 spiro atoms. The molecule has 4 N–H and O–H groups in total. The Morgan fingerprint density at radius 2 is 2.04 bits per heavy atom. The number of aromatic nitrogens is 3. The molecule has 1 aliphatic carbocycles. The van der Waals surface area contributed by atoms with E-state index in [2.05, 4.69) is 25.8 Å². The number of carbonyl (C=O) groups is 1. The Kier molecular flexibility index (Phi) is 3.65. The first kappa shape index (κ1) is 16.3. The van der Waals surface area contributed by atoms with Gasteiger partial charge in [-0.25, -0.2) is 4.98 Å². The number of hydrogen-bond acceptors (Lipinski definition) is 5. The minimum atomic E-state index is -0.0937. The summed E-state index contributed by atoms with van der Waals surface area (Å²) in [5.74, 6) is 0.0997. The number of nitrogens with zero attached hydrogens (tertiary/aromatic N) is 2. The van der Waals surface area contributed by atoms with Crippen LogP contribution >= 0.6 is 0 Å². The second-order valence-electron chi connectivity index (χ2n) is 7.58. The van der Waals surface area contributed by atoms with Crippen LogP contribution in [-0.2, 0) is 0 Å². The van der Waals surface area contributed by atoms with Crippen molar-refractivity contribution in [2.75, 3.05) is 13.1 Å². The third-order valence-corrected chi connectivity index (χ3v) is 5.92. The fourth-order valence-corrected chi connectivity index (χ4v) is 4.07. The predicted molar refractivity (Wildman–Crippen MR) is 101 cm³/mol. The maximum absolute atomic E-state index is 13.1. The number of phenolic OH excluding ortho intramolecular Hbond substituents is 1. The second-order valence-corrected chi connectivity index (χ2v) is 7.58. The molecule has 2 aliphatic rings. The first-order valence-corrected chi connectivity index (χ1v) is 9.30. The van der Waals surface area contributed by atoms with Gasteiger partial charge in [-0.3, -0.25) is 9.89 Å². The van der Waals surface area contributed by atoms with E-state index >= 15 is 0 Å². The quantitative estimate of drug-likeness (QED) is 0.571. The van der Waals surface area contributed by atoms with Crippen LogP contribution in [0, 0.1) is 5.41 Å². The summed E-state index contributed by atoms with van der Waals surface area (Å²) >= 11 is 0. The van der Waals surface area contributed by atoms with Crippen molar-refractivity contribution in [3.05, 3.63) is 42.1 Å². The molecule has 1 saturated carbocycles. The molecule has 27 heavy (non-hydrogen) atoms. The van der Waals surface area contributed by atoms with Crippen molar-refractivity contribution in [2.24, 2.45) is 5.41 Å². The largest absolute Gasteiger partial charge is 0.508 e.